The third kappa shape index (κ3) is 6.21. The average molecular weight is 371 g/mol. The predicted molar refractivity (Wildman–Crippen MR) is 106 cm³/mol. The van der Waals surface area contributed by atoms with Crippen molar-refractivity contribution in [1.29, 1.82) is 0 Å². The van der Waals surface area contributed by atoms with Crippen LogP contribution in [0.5, 0.6) is 0 Å². The Labute approximate surface area is 161 Å². The number of nitrogens with two attached hydrogens (primary N) is 1. The number of amides is 2. The fourth-order valence-corrected chi connectivity index (χ4v) is 3.32. The van der Waals surface area contributed by atoms with Crippen LogP contribution in [0, 0.1) is 24.2 Å². The molecule has 2 rings (SSSR count). The Balaban J connectivity index is 2.03. The summed E-state index contributed by atoms with van der Waals surface area (Å²) in [6, 6.07) is 7.80. The van der Waals surface area contributed by atoms with Crippen molar-refractivity contribution >= 4 is 17.7 Å². The largest absolute Gasteiger partial charge is 0.444 e. The van der Waals surface area contributed by atoms with Crippen LogP contribution in [-0.4, -0.2) is 42.1 Å². The van der Waals surface area contributed by atoms with E-state index < -0.39 is 5.60 Å². The van der Waals surface area contributed by atoms with Gasteiger partial charge in [0.2, 0.25) is 5.91 Å². The minimum atomic E-state index is -0.538. The van der Waals surface area contributed by atoms with Crippen LogP contribution in [0.2, 0.25) is 0 Å². The van der Waals surface area contributed by atoms with Gasteiger partial charge in [0.15, 0.2) is 0 Å². The molecule has 6 nitrogen and oxygen atoms in total. The molecule has 0 aromatic heterocycles. The Hall–Kier alpha value is -2.68. The minimum absolute atomic E-state index is 0.0253. The number of benzene rings is 1. The van der Waals surface area contributed by atoms with Crippen molar-refractivity contribution < 1.29 is 14.3 Å². The van der Waals surface area contributed by atoms with Crippen molar-refractivity contribution in [3.05, 3.63) is 29.8 Å². The van der Waals surface area contributed by atoms with E-state index in [0.717, 1.165) is 17.7 Å². The lowest BCUT2D eigenvalue weighted by Crippen LogP contribution is -2.37. The van der Waals surface area contributed by atoms with E-state index >= 15 is 0 Å². The van der Waals surface area contributed by atoms with Crippen LogP contribution in [-0.2, 0) is 16.0 Å². The van der Waals surface area contributed by atoms with Crippen molar-refractivity contribution in [2.24, 2.45) is 17.6 Å². The molecule has 1 aromatic rings. The summed E-state index contributed by atoms with van der Waals surface area (Å²) in [5.74, 6) is 1.89. The highest BCUT2D eigenvalue weighted by atomic mass is 16.6. The van der Waals surface area contributed by atoms with Gasteiger partial charge < -0.3 is 20.7 Å². The van der Waals surface area contributed by atoms with Crippen LogP contribution in [0.25, 0.3) is 0 Å². The summed E-state index contributed by atoms with van der Waals surface area (Å²) in [5.41, 5.74) is 7.08. The molecule has 27 heavy (non-hydrogen) atoms. The number of primary amides is 1. The first-order chi connectivity index (χ1) is 12.7. The number of nitrogens with one attached hydrogen (secondary N) is 1. The number of nitrogens with zero attached hydrogens (tertiary/aromatic N) is 1. The lowest BCUT2D eigenvalue weighted by Gasteiger charge is -2.25. The Kier molecular flexibility index (Phi) is 6.73. The molecule has 1 heterocycles. The molecule has 0 aliphatic carbocycles. The quantitative estimate of drug-likeness (QED) is 0.753. The fourth-order valence-electron chi connectivity index (χ4n) is 3.32. The fraction of sp³-hybridized carbons (Fsp3) is 0.524. The molecule has 6 heteroatoms. The maximum Gasteiger partial charge on any atom is 0.410 e. The lowest BCUT2D eigenvalue weighted by atomic mass is 9.85. The summed E-state index contributed by atoms with van der Waals surface area (Å²) in [4.78, 5) is 26.0. The zero-order chi connectivity index (χ0) is 20.0. The first kappa shape index (κ1) is 20.6. The highest BCUT2D eigenvalue weighted by Crippen LogP contribution is 2.28. The van der Waals surface area contributed by atoms with E-state index in [-0.39, 0.29) is 23.8 Å². The topological polar surface area (TPSA) is 84.7 Å². The van der Waals surface area contributed by atoms with E-state index in [1.54, 1.807) is 4.90 Å². The van der Waals surface area contributed by atoms with Crippen molar-refractivity contribution in [3.8, 4) is 12.3 Å². The van der Waals surface area contributed by atoms with Crippen LogP contribution in [0.1, 0.15) is 32.8 Å². The normalized spacial score (nSPS) is 17.9. The molecule has 1 saturated heterocycles. The second-order valence-corrected chi connectivity index (χ2v) is 7.95. The number of carbonyl (C=O) groups is 2. The first-order valence-corrected chi connectivity index (χ1v) is 9.23. The minimum Gasteiger partial charge on any atom is -0.444 e. The molecule has 0 spiro atoms. The number of hydrogen-bond acceptors (Lipinski definition) is 4. The molecule has 0 saturated carbocycles. The Morgan fingerprint density at radius 2 is 2.19 bits per heavy atom. The zero-order valence-corrected chi connectivity index (χ0v) is 16.3. The molecule has 0 radical (unpaired) electrons. The van der Waals surface area contributed by atoms with Gasteiger partial charge in [-0.2, -0.15) is 0 Å². The molecular formula is C21H29N3O3. The first-order valence-electron chi connectivity index (χ1n) is 9.23. The molecule has 1 aromatic carbocycles. The van der Waals surface area contributed by atoms with Gasteiger partial charge in [-0.05, 0) is 57.2 Å². The van der Waals surface area contributed by atoms with Crippen LogP contribution in [0.3, 0.4) is 0 Å². The molecule has 1 aliphatic rings. The summed E-state index contributed by atoms with van der Waals surface area (Å²) in [6.07, 6.45) is 6.21. The monoisotopic (exact) mass is 371 g/mol. The van der Waals surface area contributed by atoms with E-state index in [4.69, 9.17) is 16.9 Å². The van der Waals surface area contributed by atoms with Gasteiger partial charge in [0.05, 0.1) is 6.54 Å². The van der Waals surface area contributed by atoms with Gasteiger partial charge in [0, 0.05) is 24.7 Å². The second kappa shape index (κ2) is 8.81. The molecule has 3 N–H and O–H groups in total. The van der Waals surface area contributed by atoms with Gasteiger partial charge in [0.1, 0.15) is 5.60 Å². The molecule has 1 aliphatic heterocycles. The van der Waals surface area contributed by atoms with Gasteiger partial charge >= 0.3 is 6.09 Å². The van der Waals surface area contributed by atoms with E-state index in [0.29, 0.717) is 26.1 Å². The van der Waals surface area contributed by atoms with Crippen molar-refractivity contribution in [1.82, 2.24) is 4.90 Å². The third-order valence-corrected chi connectivity index (χ3v) is 4.59. The van der Waals surface area contributed by atoms with Gasteiger partial charge in [-0.25, -0.2) is 4.79 Å². The molecule has 0 bridgehead atoms. The Bertz CT molecular complexity index is 718. The Morgan fingerprint density at radius 1 is 1.44 bits per heavy atom. The smallest absolute Gasteiger partial charge is 0.410 e. The molecule has 1 unspecified atom stereocenters. The summed E-state index contributed by atoms with van der Waals surface area (Å²) in [7, 11) is 0. The van der Waals surface area contributed by atoms with Crippen LogP contribution >= 0.6 is 0 Å². The van der Waals surface area contributed by atoms with Gasteiger partial charge in [0.25, 0.3) is 0 Å². The van der Waals surface area contributed by atoms with Gasteiger partial charge in [-0.15, -0.1) is 6.42 Å². The maximum atomic E-state index is 12.3. The average Bonchev–Trinajstić information content (AvgIpc) is 3.06. The summed E-state index contributed by atoms with van der Waals surface area (Å²) in [6.45, 7) is 7.02. The number of hydrogen-bond donors (Lipinski definition) is 2. The van der Waals surface area contributed by atoms with E-state index in [1.807, 2.05) is 45.0 Å². The summed E-state index contributed by atoms with van der Waals surface area (Å²) in [5, 5.41) is 3.13. The van der Waals surface area contributed by atoms with Crippen LogP contribution in [0.4, 0.5) is 10.5 Å². The molecule has 1 fully saturated rings. The summed E-state index contributed by atoms with van der Waals surface area (Å²) < 4.78 is 5.43. The predicted octanol–water partition coefficient (Wildman–Crippen LogP) is 2.63. The molecule has 146 valence electrons. The standard InChI is InChI=1S/C21H29N3O3/c1-5-10-23-17-8-6-7-15(12-17)13-18(19(22)25)16-9-11-24(14-16)20(26)27-21(2,3)4/h1,6-8,12,16,18,23H,9-11,13-14H2,2-4H3,(H2,22,25)/t16-,18?/m0/s1. The number of terminal acetylenes is 1. The number of anilines is 1. The van der Waals surface area contributed by atoms with Crippen molar-refractivity contribution in [2.45, 2.75) is 39.2 Å². The third-order valence-electron chi connectivity index (χ3n) is 4.59. The zero-order valence-electron chi connectivity index (χ0n) is 16.3. The highest BCUT2D eigenvalue weighted by Gasteiger charge is 2.36. The molecule has 2 amide bonds. The molecular weight excluding hydrogens is 342 g/mol. The lowest BCUT2D eigenvalue weighted by molar-refractivity contribution is -0.123. The van der Waals surface area contributed by atoms with Crippen molar-refractivity contribution in [3.63, 3.8) is 0 Å². The van der Waals surface area contributed by atoms with Crippen molar-refractivity contribution in [2.75, 3.05) is 25.0 Å². The highest BCUT2D eigenvalue weighted by molar-refractivity contribution is 5.78. The Morgan fingerprint density at radius 3 is 2.81 bits per heavy atom. The molecule has 2 atom stereocenters. The second-order valence-electron chi connectivity index (χ2n) is 7.95. The summed E-state index contributed by atoms with van der Waals surface area (Å²) >= 11 is 0. The van der Waals surface area contributed by atoms with Gasteiger partial charge in [-0.3, -0.25) is 4.79 Å². The number of likely N-dealkylation sites (tertiary alicyclic amines) is 1. The number of rotatable bonds is 6. The SMILES string of the molecule is C#CCNc1cccc(CC(C(N)=O)[C@H]2CCN(C(=O)OC(C)(C)C)C2)c1. The van der Waals surface area contributed by atoms with Crippen LogP contribution < -0.4 is 11.1 Å². The van der Waals surface area contributed by atoms with E-state index in [2.05, 4.69) is 11.2 Å². The van der Waals surface area contributed by atoms with E-state index in [9.17, 15) is 9.59 Å². The number of ether oxygens (including phenoxy) is 1. The van der Waals surface area contributed by atoms with Crippen LogP contribution in [0.15, 0.2) is 24.3 Å². The number of carbonyl (C=O) groups excluding carboxylic acids is 2. The van der Waals surface area contributed by atoms with Gasteiger partial charge in [-0.1, -0.05) is 18.1 Å². The van der Waals surface area contributed by atoms with E-state index in [1.165, 1.54) is 0 Å². The maximum absolute atomic E-state index is 12.3.